The molecule has 2 aliphatic rings. The molecule has 0 radical (unpaired) electrons. The first kappa shape index (κ1) is 18.7. The number of fused-ring (bicyclic) bond motifs is 2. The number of nitrogens with zero attached hydrogens (tertiary/aromatic N) is 2. The molecule has 3 nitrogen and oxygen atoms in total. The van der Waals surface area contributed by atoms with Crippen molar-refractivity contribution < 1.29 is 4.74 Å². The number of hydrogen-bond donors (Lipinski definition) is 0. The zero-order valence-corrected chi connectivity index (χ0v) is 17.1. The van der Waals surface area contributed by atoms with Crippen LogP contribution in [-0.2, 0) is 17.8 Å². The summed E-state index contributed by atoms with van der Waals surface area (Å²) in [5.74, 6) is 0. The van der Waals surface area contributed by atoms with Gasteiger partial charge in [0.1, 0.15) is 12.5 Å². The molecular weight excluding hydrogens is 332 g/mol. The summed E-state index contributed by atoms with van der Waals surface area (Å²) in [6.45, 7) is 13.4. The highest BCUT2D eigenvalue weighted by Crippen LogP contribution is 2.45. The van der Waals surface area contributed by atoms with Crippen molar-refractivity contribution in [1.82, 2.24) is 9.80 Å². The van der Waals surface area contributed by atoms with Crippen LogP contribution >= 0.6 is 0 Å². The number of hydrogen-bond acceptors (Lipinski definition) is 3. The van der Waals surface area contributed by atoms with Gasteiger partial charge in [-0.3, -0.25) is 9.80 Å². The van der Waals surface area contributed by atoms with Gasteiger partial charge in [0.05, 0.1) is 0 Å². The molecule has 0 aromatic heterocycles. The van der Waals surface area contributed by atoms with Gasteiger partial charge in [-0.1, -0.05) is 88.4 Å². The molecule has 4 rings (SSSR count). The van der Waals surface area contributed by atoms with Gasteiger partial charge in [-0.05, 0) is 11.1 Å². The Balaban J connectivity index is 1.57. The molecule has 0 spiro atoms. The monoisotopic (exact) mass is 364 g/mol. The molecule has 0 amide bonds. The maximum atomic E-state index is 6.77. The van der Waals surface area contributed by atoms with Crippen LogP contribution in [0.15, 0.2) is 60.7 Å². The lowest BCUT2D eigenvalue weighted by Gasteiger charge is -2.60. The van der Waals surface area contributed by atoms with Crippen molar-refractivity contribution in [2.24, 2.45) is 10.8 Å². The van der Waals surface area contributed by atoms with Crippen LogP contribution in [0.5, 0.6) is 0 Å². The maximum Gasteiger partial charge on any atom is 0.119 e. The number of benzene rings is 2. The molecule has 2 atom stereocenters. The molecule has 2 saturated heterocycles. The van der Waals surface area contributed by atoms with Crippen LogP contribution in [-0.4, -0.2) is 35.3 Å². The van der Waals surface area contributed by atoms with Crippen LogP contribution < -0.4 is 0 Å². The number of ether oxygens (including phenoxy) is 1. The summed E-state index contributed by atoms with van der Waals surface area (Å²) in [6.07, 6.45) is 0.311. The predicted octanol–water partition coefficient (Wildman–Crippen LogP) is 4.74. The van der Waals surface area contributed by atoms with Crippen LogP contribution in [0.2, 0.25) is 0 Å². The first-order valence-electron chi connectivity index (χ1n) is 10.1. The Morgan fingerprint density at radius 3 is 1.44 bits per heavy atom. The molecule has 2 aromatic carbocycles. The SMILES string of the molecule is CC1(C)CN(Cc2ccccc2)[C@@H]2O[C@H]1N(Cc1ccccc1)CC2(C)C. The average molecular weight is 365 g/mol. The fraction of sp³-hybridized carbons (Fsp3) is 0.500. The summed E-state index contributed by atoms with van der Waals surface area (Å²) < 4.78 is 6.77. The normalized spacial score (nSPS) is 27.4. The topological polar surface area (TPSA) is 15.7 Å². The summed E-state index contributed by atoms with van der Waals surface area (Å²) in [6, 6.07) is 21.6. The van der Waals surface area contributed by atoms with Gasteiger partial charge in [0.25, 0.3) is 0 Å². The smallest absolute Gasteiger partial charge is 0.119 e. The lowest BCUT2D eigenvalue weighted by molar-refractivity contribution is -0.314. The van der Waals surface area contributed by atoms with Crippen molar-refractivity contribution in [2.45, 2.75) is 53.2 Å². The Hall–Kier alpha value is -1.68. The van der Waals surface area contributed by atoms with Crippen molar-refractivity contribution in [3.05, 3.63) is 71.8 Å². The minimum atomic E-state index is 0.0799. The van der Waals surface area contributed by atoms with Crippen molar-refractivity contribution in [1.29, 1.82) is 0 Å². The van der Waals surface area contributed by atoms with Crippen LogP contribution in [0.4, 0.5) is 0 Å². The Morgan fingerprint density at radius 1 is 0.704 bits per heavy atom. The lowest BCUT2D eigenvalue weighted by Crippen LogP contribution is -2.69. The lowest BCUT2D eigenvalue weighted by atomic mass is 9.78. The van der Waals surface area contributed by atoms with E-state index in [2.05, 4.69) is 98.2 Å². The summed E-state index contributed by atoms with van der Waals surface area (Å²) in [5.41, 5.74) is 2.88. The van der Waals surface area contributed by atoms with Crippen molar-refractivity contribution in [2.75, 3.05) is 13.1 Å². The van der Waals surface area contributed by atoms with Crippen LogP contribution in [0, 0.1) is 10.8 Å². The Labute approximate surface area is 163 Å². The molecule has 0 aliphatic carbocycles. The highest BCUT2D eigenvalue weighted by atomic mass is 16.5. The molecule has 2 aromatic rings. The van der Waals surface area contributed by atoms with Gasteiger partial charge < -0.3 is 4.74 Å². The van der Waals surface area contributed by atoms with Gasteiger partial charge in [-0.25, -0.2) is 0 Å². The second-order valence-corrected chi connectivity index (χ2v) is 9.60. The average Bonchev–Trinajstić information content (AvgIpc) is 2.61. The van der Waals surface area contributed by atoms with E-state index in [1.807, 2.05) is 0 Å². The van der Waals surface area contributed by atoms with Gasteiger partial charge >= 0.3 is 0 Å². The second kappa shape index (κ2) is 7.05. The molecule has 3 heteroatoms. The van der Waals surface area contributed by atoms with Gasteiger partial charge in [-0.2, -0.15) is 0 Å². The van der Waals surface area contributed by atoms with E-state index in [0.717, 1.165) is 26.2 Å². The maximum absolute atomic E-state index is 6.77. The fourth-order valence-electron chi connectivity index (χ4n) is 4.93. The fourth-order valence-corrected chi connectivity index (χ4v) is 4.93. The van der Waals surface area contributed by atoms with E-state index < -0.39 is 0 Å². The van der Waals surface area contributed by atoms with E-state index in [4.69, 9.17) is 4.74 Å². The molecule has 27 heavy (non-hydrogen) atoms. The first-order chi connectivity index (χ1) is 12.9. The van der Waals surface area contributed by atoms with Gasteiger partial charge in [-0.15, -0.1) is 0 Å². The second-order valence-electron chi connectivity index (χ2n) is 9.60. The van der Waals surface area contributed by atoms with E-state index in [0.29, 0.717) is 0 Å². The Kier molecular flexibility index (Phi) is 4.87. The van der Waals surface area contributed by atoms with Crippen molar-refractivity contribution >= 4 is 0 Å². The molecule has 144 valence electrons. The molecule has 2 fully saturated rings. The third-order valence-electron chi connectivity index (χ3n) is 5.94. The zero-order chi connectivity index (χ0) is 19.1. The molecule has 0 saturated carbocycles. The standard InChI is InChI=1S/C24H32N2O/c1-23(2)17-25(15-19-11-7-5-8-12-19)22-24(3,4)18-26(21(23)27-22)16-20-13-9-6-10-14-20/h5-14,21-22H,15-18H2,1-4H3/t21-,22-/m1/s1. The van der Waals surface area contributed by atoms with Crippen LogP contribution in [0.3, 0.4) is 0 Å². The van der Waals surface area contributed by atoms with Gasteiger partial charge in [0.15, 0.2) is 0 Å². The summed E-state index contributed by atoms with van der Waals surface area (Å²) in [4.78, 5) is 5.09. The largest absolute Gasteiger partial charge is 0.344 e. The highest BCUT2D eigenvalue weighted by Gasteiger charge is 2.53. The molecule has 2 heterocycles. The zero-order valence-electron chi connectivity index (χ0n) is 17.1. The molecular formula is C24H32N2O. The first-order valence-corrected chi connectivity index (χ1v) is 10.1. The van der Waals surface area contributed by atoms with E-state index >= 15 is 0 Å². The third-order valence-corrected chi connectivity index (χ3v) is 5.94. The van der Waals surface area contributed by atoms with E-state index in [-0.39, 0.29) is 23.3 Å². The Bertz CT molecular complexity index is 691. The Morgan fingerprint density at radius 2 is 1.07 bits per heavy atom. The van der Waals surface area contributed by atoms with Crippen molar-refractivity contribution in [3.63, 3.8) is 0 Å². The summed E-state index contributed by atoms with van der Waals surface area (Å²) in [7, 11) is 0. The number of rotatable bonds is 4. The highest BCUT2D eigenvalue weighted by molar-refractivity contribution is 5.17. The minimum Gasteiger partial charge on any atom is -0.344 e. The summed E-state index contributed by atoms with van der Waals surface area (Å²) >= 11 is 0. The van der Waals surface area contributed by atoms with Gasteiger partial charge in [0.2, 0.25) is 0 Å². The van der Waals surface area contributed by atoms with E-state index in [1.165, 1.54) is 11.1 Å². The quantitative estimate of drug-likeness (QED) is 0.779. The third kappa shape index (κ3) is 3.82. The molecule has 0 N–H and O–H groups in total. The molecule has 0 unspecified atom stereocenters. The van der Waals surface area contributed by atoms with Crippen LogP contribution in [0.25, 0.3) is 0 Å². The van der Waals surface area contributed by atoms with E-state index in [1.54, 1.807) is 0 Å². The predicted molar refractivity (Wildman–Crippen MR) is 110 cm³/mol. The molecule has 2 bridgehead atoms. The summed E-state index contributed by atoms with van der Waals surface area (Å²) in [5, 5.41) is 0. The van der Waals surface area contributed by atoms with E-state index in [9.17, 15) is 0 Å². The van der Waals surface area contributed by atoms with Crippen molar-refractivity contribution in [3.8, 4) is 0 Å². The minimum absolute atomic E-state index is 0.0799. The van der Waals surface area contributed by atoms with Crippen LogP contribution in [0.1, 0.15) is 38.8 Å². The molecule has 2 aliphatic heterocycles. The van der Waals surface area contributed by atoms with Gasteiger partial charge in [0, 0.05) is 37.0 Å².